The van der Waals surface area contributed by atoms with Gasteiger partial charge < -0.3 is 9.42 Å². The summed E-state index contributed by atoms with van der Waals surface area (Å²) in [7, 11) is 0. The minimum absolute atomic E-state index is 0.303. The molecule has 2 aromatic rings. The lowest BCUT2D eigenvalue weighted by Gasteiger charge is -2.31. The van der Waals surface area contributed by atoms with Gasteiger partial charge in [-0.2, -0.15) is 4.98 Å². The minimum Gasteiger partial charge on any atom is -0.340 e. The van der Waals surface area contributed by atoms with Crippen LogP contribution in [0.3, 0.4) is 0 Å². The summed E-state index contributed by atoms with van der Waals surface area (Å²) < 4.78 is 5.22. The normalized spacial score (nSPS) is 19.3. The van der Waals surface area contributed by atoms with Gasteiger partial charge in [0, 0.05) is 37.3 Å². The zero-order valence-electron chi connectivity index (χ0n) is 11.9. The van der Waals surface area contributed by atoms with Crippen LogP contribution in [0.1, 0.15) is 43.1 Å². The van der Waals surface area contributed by atoms with Gasteiger partial charge in [0.1, 0.15) is 0 Å². The van der Waals surface area contributed by atoms with Gasteiger partial charge in [-0.05, 0) is 25.8 Å². The van der Waals surface area contributed by atoms with E-state index in [0.29, 0.717) is 11.8 Å². The summed E-state index contributed by atoms with van der Waals surface area (Å²) in [5.41, 5.74) is 0.991. The van der Waals surface area contributed by atoms with Gasteiger partial charge in [-0.1, -0.05) is 12.1 Å². The molecule has 0 radical (unpaired) electrons. The summed E-state index contributed by atoms with van der Waals surface area (Å²) in [5.74, 6) is 2.63. The lowest BCUT2D eigenvalue weighted by molar-refractivity contribution is 0.367. The fourth-order valence-corrected chi connectivity index (χ4v) is 2.54. The van der Waals surface area contributed by atoms with Crippen LogP contribution in [0, 0.1) is 6.92 Å². The molecule has 20 heavy (non-hydrogen) atoms. The van der Waals surface area contributed by atoms with Crippen molar-refractivity contribution in [2.24, 2.45) is 0 Å². The Hall–Kier alpha value is -1.98. The maximum atomic E-state index is 5.22. The highest BCUT2D eigenvalue weighted by Gasteiger charge is 2.26. The summed E-state index contributed by atoms with van der Waals surface area (Å²) in [6.07, 6.45) is 4.78. The Labute approximate surface area is 118 Å². The number of anilines is 1. The van der Waals surface area contributed by atoms with Gasteiger partial charge in [-0.25, -0.2) is 9.97 Å². The van der Waals surface area contributed by atoms with E-state index in [4.69, 9.17) is 4.52 Å². The summed E-state index contributed by atoms with van der Waals surface area (Å²) in [6, 6.07) is 1.91. The van der Waals surface area contributed by atoms with E-state index in [1.165, 1.54) is 0 Å². The Balaban J connectivity index is 1.76. The molecule has 0 bridgehead atoms. The van der Waals surface area contributed by atoms with Crippen LogP contribution in [0.4, 0.5) is 5.95 Å². The first-order valence-electron chi connectivity index (χ1n) is 7.13. The van der Waals surface area contributed by atoms with Crippen molar-refractivity contribution in [1.29, 1.82) is 0 Å². The maximum absolute atomic E-state index is 5.22. The molecule has 1 aliphatic heterocycles. The smallest absolute Gasteiger partial charge is 0.226 e. The quantitative estimate of drug-likeness (QED) is 0.853. The molecule has 2 aromatic heterocycles. The molecule has 3 rings (SSSR count). The molecule has 0 aromatic carbocycles. The van der Waals surface area contributed by atoms with Crippen LogP contribution in [0.5, 0.6) is 0 Å². The van der Waals surface area contributed by atoms with Crippen molar-refractivity contribution in [1.82, 2.24) is 20.1 Å². The molecule has 0 aliphatic carbocycles. The summed E-state index contributed by atoms with van der Waals surface area (Å²) in [5, 5.41) is 4.10. The predicted octanol–water partition coefficient (Wildman–Crippen LogP) is 2.11. The molecule has 0 N–H and O–H groups in total. The van der Waals surface area contributed by atoms with Crippen molar-refractivity contribution in [2.45, 2.75) is 39.0 Å². The van der Waals surface area contributed by atoms with Crippen LogP contribution in [0.15, 0.2) is 16.8 Å². The number of aryl methyl sites for hydroxylation is 2. The van der Waals surface area contributed by atoms with Crippen molar-refractivity contribution < 1.29 is 4.52 Å². The Morgan fingerprint density at radius 1 is 1.40 bits per heavy atom. The molecule has 106 valence electrons. The number of piperidine rings is 1. The second-order valence-electron chi connectivity index (χ2n) is 5.18. The van der Waals surface area contributed by atoms with Crippen LogP contribution < -0.4 is 4.90 Å². The van der Waals surface area contributed by atoms with E-state index in [-0.39, 0.29) is 0 Å². The molecule has 6 heteroatoms. The van der Waals surface area contributed by atoms with Gasteiger partial charge in [-0.15, -0.1) is 0 Å². The molecule has 0 unspecified atom stereocenters. The van der Waals surface area contributed by atoms with E-state index < -0.39 is 0 Å². The second kappa shape index (κ2) is 5.56. The van der Waals surface area contributed by atoms with Gasteiger partial charge >= 0.3 is 0 Å². The Bertz CT molecular complexity index is 582. The summed E-state index contributed by atoms with van der Waals surface area (Å²) in [4.78, 5) is 15.5. The van der Waals surface area contributed by atoms with Gasteiger partial charge in [0.05, 0.1) is 0 Å². The van der Waals surface area contributed by atoms with E-state index in [1.807, 2.05) is 26.1 Å². The molecule has 1 fully saturated rings. The van der Waals surface area contributed by atoms with Crippen molar-refractivity contribution in [2.75, 3.05) is 18.0 Å². The topological polar surface area (TPSA) is 67.9 Å². The fourth-order valence-electron chi connectivity index (χ4n) is 2.54. The first-order chi connectivity index (χ1) is 9.76. The molecule has 1 aliphatic rings. The van der Waals surface area contributed by atoms with Gasteiger partial charge in [0.15, 0.2) is 5.82 Å². The average molecular weight is 273 g/mol. The van der Waals surface area contributed by atoms with Crippen LogP contribution >= 0.6 is 0 Å². The zero-order chi connectivity index (χ0) is 13.9. The Morgan fingerprint density at radius 2 is 2.30 bits per heavy atom. The molecule has 1 saturated heterocycles. The number of hydrogen-bond donors (Lipinski definition) is 0. The Morgan fingerprint density at radius 3 is 3.05 bits per heavy atom. The van der Waals surface area contributed by atoms with Crippen molar-refractivity contribution in [3.63, 3.8) is 0 Å². The molecular formula is C14H19N5O. The van der Waals surface area contributed by atoms with Crippen molar-refractivity contribution in [3.8, 4) is 0 Å². The Kier molecular flexibility index (Phi) is 3.62. The average Bonchev–Trinajstić information content (AvgIpc) is 2.96. The number of aromatic nitrogens is 4. The third-order valence-electron chi connectivity index (χ3n) is 3.64. The van der Waals surface area contributed by atoms with Crippen LogP contribution in [-0.2, 0) is 6.42 Å². The zero-order valence-corrected chi connectivity index (χ0v) is 11.9. The van der Waals surface area contributed by atoms with E-state index in [1.54, 1.807) is 0 Å². The van der Waals surface area contributed by atoms with Gasteiger partial charge in [-0.3, -0.25) is 0 Å². The number of nitrogens with zero attached hydrogens (tertiary/aromatic N) is 5. The highest BCUT2D eigenvalue weighted by molar-refractivity contribution is 5.32. The molecule has 6 nitrogen and oxygen atoms in total. The monoisotopic (exact) mass is 273 g/mol. The third kappa shape index (κ3) is 2.64. The highest BCUT2D eigenvalue weighted by Crippen LogP contribution is 2.26. The summed E-state index contributed by atoms with van der Waals surface area (Å²) >= 11 is 0. The molecule has 0 amide bonds. The first kappa shape index (κ1) is 13.0. The molecular weight excluding hydrogens is 254 g/mol. The highest BCUT2D eigenvalue weighted by atomic mass is 16.5. The van der Waals surface area contributed by atoms with Crippen LogP contribution in [-0.4, -0.2) is 33.2 Å². The lowest BCUT2D eigenvalue weighted by atomic mass is 9.97. The SMILES string of the molecule is CCc1nc([C@H]2CCCN(c3nccc(C)n3)C2)no1. The largest absolute Gasteiger partial charge is 0.340 e. The molecule has 0 saturated carbocycles. The first-order valence-corrected chi connectivity index (χ1v) is 7.13. The number of rotatable bonds is 3. The number of hydrogen-bond acceptors (Lipinski definition) is 6. The van der Waals surface area contributed by atoms with Crippen molar-refractivity contribution >= 4 is 5.95 Å². The minimum atomic E-state index is 0.303. The van der Waals surface area contributed by atoms with Crippen LogP contribution in [0.2, 0.25) is 0 Å². The van der Waals surface area contributed by atoms with Crippen LogP contribution in [0.25, 0.3) is 0 Å². The standard InChI is InChI=1S/C14H19N5O/c1-3-12-17-13(18-20-12)11-5-4-8-19(9-11)14-15-7-6-10(2)16-14/h6-7,11H,3-5,8-9H2,1-2H3/t11-/m0/s1. The van der Waals surface area contributed by atoms with E-state index in [2.05, 4.69) is 25.0 Å². The third-order valence-corrected chi connectivity index (χ3v) is 3.64. The van der Waals surface area contributed by atoms with E-state index >= 15 is 0 Å². The second-order valence-corrected chi connectivity index (χ2v) is 5.18. The van der Waals surface area contributed by atoms with E-state index in [0.717, 1.165) is 49.8 Å². The maximum Gasteiger partial charge on any atom is 0.226 e. The predicted molar refractivity (Wildman–Crippen MR) is 74.6 cm³/mol. The molecule has 3 heterocycles. The summed E-state index contributed by atoms with van der Waals surface area (Å²) in [6.45, 7) is 5.84. The molecule has 0 spiro atoms. The van der Waals surface area contributed by atoms with Gasteiger partial charge in [0.25, 0.3) is 0 Å². The lowest BCUT2D eigenvalue weighted by Crippen LogP contribution is -2.36. The fraction of sp³-hybridized carbons (Fsp3) is 0.571. The van der Waals surface area contributed by atoms with Gasteiger partial charge in [0.2, 0.25) is 11.8 Å². The van der Waals surface area contributed by atoms with E-state index in [9.17, 15) is 0 Å². The van der Waals surface area contributed by atoms with Crippen molar-refractivity contribution in [3.05, 3.63) is 29.7 Å². The molecule has 1 atom stereocenters.